The fourth-order valence-electron chi connectivity index (χ4n) is 2.41. The van der Waals surface area contributed by atoms with E-state index in [4.69, 9.17) is 0 Å². The maximum Gasteiger partial charge on any atom is 0.116 e. The van der Waals surface area contributed by atoms with E-state index in [1.807, 2.05) is 53.2 Å². The first-order valence-corrected chi connectivity index (χ1v) is 6.35. The van der Waals surface area contributed by atoms with Crippen molar-refractivity contribution < 1.29 is 5.11 Å². The highest BCUT2D eigenvalue weighted by molar-refractivity contribution is 5.86. The Morgan fingerprint density at radius 3 is 2.60 bits per heavy atom. The van der Waals surface area contributed by atoms with Crippen LogP contribution in [0.1, 0.15) is 0 Å². The van der Waals surface area contributed by atoms with E-state index in [2.05, 4.69) is 10.3 Å². The minimum Gasteiger partial charge on any atom is -0.508 e. The summed E-state index contributed by atoms with van der Waals surface area (Å²) in [6.45, 7) is 0. The lowest BCUT2D eigenvalue weighted by molar-refractivity contribution is 0.476. The molecule has 0 atom stereocenters. The van der Waals surface area contributed by atoms with Gasteiger partial charge in [0, 0.05) is 0 Å². The molecule has 3 aromatic carbocycles. The Kier molecular flexibility index (Phi) is 2.23. The van der Waals surface area contributed by atoms with Crippen LogP contribution in [0.4, 0.5) is 0 Å². The van der Waals surface area contributed by atoms with Crippen LogP contribution in [0.25, 0.3) is 27.5 Å². The largest absolute Gasteiger partial charge is 0.508 e. The summed E-state index contributed by atoms with van der Waals surface area (Å²) in [6.07, 6.45) is 0. The summed E-state index contributed by atoms with van der Waals surface area (Å²) < 4.78 is 1.82. The molecule has 0 saturated heterocycles. The highest BCUT2D eigenvalue weighted by Crippen LogP contribution is 2.24. The van der Waals surface area contributed by atoms with E-state index in [0.29, 0.717) is 0 Å². The Morgan fingerprint density at radius 1 is 0.850 bits per heavy atom. The second-order valence-electron chi connectivity index (χ2n) is 4.71. The summed E-state index contributed by atoms with van der Waals surface area (Å²) in [5.74, 6) is 0.274. The molecule has 1 aromatic heterocycles. The van der Waals surface area contributed by atoms with Crippen LogP contribution in [-0.4, -0.2) is 20.1 Å². The summed E-state index contributed by atoms with van der Waals surface area (Å²) in [7, 11) is 0. The zero-order valence-electron chi connectivity index (χ0n) is 10.6. The van der Waals surface area contributed by atoms with Crippen LogP contribution in [0.3, 0.4) is 0 Å². The van der Waals surface area contributed by atoms with Gasteiger partial charge < -0.3 is 5.11 Å². The van der Waals surface area contributed by atoms with Crippen molar-refractivity contribution in [3.8, 4) is 11.4 Å². The smallest absolute Gasteiger partial charge is 0.116 e. The van der Waals surface area contributed by atoms with Gasteiger partial charge in [-0.25, -0.2) is 4.68 Å². The molecule has 4 rings (SSSR count). The molecule has 0 fully saturated rings. The van der Waals surface area contributed by atoms with Crippen LogP contribution in [0.2, 0.25) is 0 Å². The van der Waals surface area contributed by atoms with Gasteiger partial charge in [0.05, 0.1) is 11.2 Å². The Hall–Kier alpha value is -2.88. The molecule has 1 heterocycles. The fourth-order valence-corrected chi connectivity index (χ4v) is 2.41. The van der Waals surface area contributed by atoms with Crippen molar-refractivity contribution in [2.24, 2.45) is 0 Å². The first-order valence-electron chi connectivity index (χ1n) is 6.35. The molecule has 1 N–H and O–H groups in total. The zero-order chi connectivity index (χ0) is 13.5. The topological polar surface area (TPSA) is 50.9 Å². The molecule has 96 valence electrons. The van der Waals surface area contributed by atoms with E-state index in [-0.39, 0.29) is 5.75 Å². The molecule has 4 nitrogen and oxygen atoms in total. The molecule has 0 saturated carbocycles. The van der Waals surface area contributed by atoms with Crippen LogP contribution in [0.15, 0.2) is 60.7 Å². The lowest BCUT2D eigenvalue weighted by Crippen LogP contribution is -1.96. The Morgan fingerprint density at radius 2 is 1.65 bits per heavy atom. The molecular formula is C16H11N3O. The third-order valence-electron chi connectivity index (χ3n) is 3.40. The lowest BCUT2D eigenvalue weighted by Gasteiger charge is -2.05. The monoisotopic (exact) mass is 261 g/mol. The van der Waals surface area contributed by atoms with Gasteiger partial charge in [-0.3, -0.25) is 0 Å². The first-order chi connectivity index (χ1) is 9.81. The minimum absolute atomic E-state index is 0.274. The average Bonchev–Trinajstić information content (AvgIpc) is 2.91. The molecule has 20 heavy (non-hydrogen) atoms. The van der Waals surface area contributed by atoms with Gasteiger partial charge in [0.15, 0.2) is 0 Å². The Balaban J connectivity index is 1.96. The molecule has 0 amide bonds. The van der Waals surface area contributed by atoms with Gasteiger partial charge in [-0.2, -0.15) is 0 Å². The predicted molar refractivity (Wildman–Crippen MR) is 78.0 cm³/mol. The number of phenols is 1. The van der Waals surface area contributed by atoms with Crippen molar-refractivity contribution in [2.45, 2.75) is 0 Å². The van der Waals surface area contributed by atoms with Crippen LogP contribution in [-0.2, 0) is 0 Å². The molecule has 0 aliphatic carbocycles. The molecule has 0 aliphatic rings. The average molecular weight is 261 g/mol. The number of para-hydroxylation sites is 1. The molecule has 0 radical (unpaired) electrons. The minimum atomic E-state index is 0.274. The van der Waals surface area contributed by atoms with E-state index in [9.17, 15) is 5.11 Å². The second kappa shape index (κ2) is 4.06. The quantitative estimate of drug-likeness (QED) is 0.572. The van der Waals surface area contributed by atoms with Crippen molar-refractivity contribution >= 4 is 21.8 Å². The normalized spacial score (nSPS) is 11.2. The van der Waals surface area contributed by atoms with Gasteiger partial charge in [0.25, 0.3) is 0 Å². The first kappa shape index (κ1) is 11.0. The standard InChI is InChI=1S/C16H11N3O/c20-14-8-6-11-9-13(7-5-12(11)10-14)19-16-4-2-1-3-15(16)17-18-19/h1-10,20H. The third kappa shape index (κ3) is 1.62. The molecule has 0 bridgehead atoms. The van der Waals surface area contributed by atoms with Gasteiger partial charge in [-0.15, -0.1) is 5.10 Å². The molecule has 4 aromatic rings. The summed E-state index contributed by atoms with van der Waals surface area (Å²) in [4.78, 5) is 0. The summed E-state index contributed by atoms with van der Waals surface area (Å²) >= 11 is 0. The highest BCUT2D eigenvalue weighted by atomic mass is 16.3. The number of aromatic hydroxyl groups is 1. The van der Waals surface area contributed by atoms with Gasteiger partial charge in [0.1, 0.15) is 11.3 Å². The van der Waals surface area contributed by atoms with Crippen molar-refractivity contribution in [1.29, 1.82) is 0 Å². The zero-order valence-corrected chi connectivity index (χ0v) is 10.6. The number of phenolic OH excluding ortho intramolecular Hbond substituents is 1. The Bertz CT molecular complexity index is 927. The van der Waals surface area contributed by atoms with Gasteiger partial charge in [0.2, 0.25) is 0 Å². The Labute approximate surface area is 114 Å². The molecule has 0 spiro atoms. The van der Waals surface area contributed by atoms with Gasteiger partial charge >= 0.3 is 0 Å². The maximum atomic E-state index is 9.50. The highest BCUT2D eigenvalue weighted by Gasteiger charge is 2.06. The summed E-state index contributed by atoms with van der Waals surface area (Å²) in [6, 6.07) is 19.2. The van der Waals surface area contributed by atoms with Crippen molar-refractivity contribution in [2.75, 3.05) is 0 Å². The fraction of sp³-hybridized carbons (Fsp3) is 0. The number of nitrogens with zero attached hydrogens (tertiary/aromatic N) is 3. The molecule has 0 aliphatic heterocycles. The molecular weight excluding hydrogens is 250 g/mol. The molecule has 4 heteroatoms. The summed E-state index contributed by atoms with van der Waals surface area (Å²) in [5.41, 5.74) is 2.81. The molecule has 0 unspecified atom stereocenters. The number of hydrogen-bond donors (Lipinski definition) is 1. The number of fused-ring (bicyclic) bond motifs is 2. The summed E-state index contributed by atoms with van der Waals surface area (Å²) in [5, 5.41) is 19.9. The van der Waals surface area contributed by atoms with E-state index < -0.39 is 0 Å². The van der Waals surface area contributed by atoms with E-state index in [1.165, 1.54) is 0 Å². The van der Waals surface area contributed by atoms with E-state index in [0.717, 1.165) is 27.5 Å². The SMILES string of the molecule is Oc1ccc2cc(-n3nnc4ccccc43)ccc2c1. The van der Waals surface area contributed by atoms with Crippen molar-refractivity contribution in [3.05, 3.63) is 60.7 Å². The lowest BCUT2D eigenvalue weighted by atomic mass is 10.1. The number of aromatic nitrogens is 3. The van der Waals surface area contributed by atoms with Crippen LogP contribution in [0.5, 0.6) is 5.75 Å². The number of benzene rings is 3. The van der Waals surface area contributed by atoms with Crippen LogP contribution >= 0.6 is 0 Å². The van der Waals surface area contributed by atoms with Crippen molar-refractivity contribution in [1.82, 2.24) is 15.0 Å². The maximum absolute atomic E-state index is 9.50. The second-order valence-corrected chi connectivity index (χ2v) is 4.71. The number of rotatable bonds is 1. The van der Waals surface area contributed by atoms with E-state index in [1.54, 1.807) is 12.1 Å². The van der Waals surface area contributed by atoms with Crippen LogP contribution in [0, 0.1) is 0 Å². The predicted octanol–water partition coefficient (Wildman–Crippen LogP) is 3.28. The van der Waals surface area contributed by atoms with Gasteiger partial charge in [-0.05, 0) is 47.2 Å². The van der Waals surface area contributed by atoms with Crippen molar-refractivity contribution in [3.63, 3.8) is 0 Å². The third-order valence-corrected chi connectivity index (χ3v) is 3.40. The van der Waals surface area contributed by atoms with Gasteiger partial charge in [-0.1, -0.05) is 29.5 Å². The number of hydrogen-bond acceptors (Lipinski definition) is 3. The van der Waals surface area contributed by atoms with E-state index >= 15 is 0 Å². The van der Waals surface area contributed by atoms with Crippen LogP contribution < -0.4 is 0 Å².